The second kappa shape index (κ2) is 1.77. The van der Waals surface area contributed by atoms with E-state index in [2.05, 4.69) is 19.0 Å². The van der Waals surface area contributed by atoms with Crippen molar-refractivity contribution in [1.29, 1.82) is 0 Å². The average Bonchev–Trinajstić information content (AvgIpc) is 1.81. The lowest BCUT2D eigenvalue weighted by atomic mass is 9.74. The summed E-state index contributed by atoms with van der Waals surface area (Å²) in [4.78, 5) is 0. The topological polar surface area (TPSA) is 32.6 Å². The molecule has 46 valence electrons. The molecule has 0 saturated heterocycles. The molecular weight excluding hydrogens is 102 g/mol. The van der Waals surface area contributed by atoms with E-state index in [9.17, 15) is 0 Å². The number of rotatable bonds is 0. The fourth-order valence-corrected chi connectivity index (χ4v) is 0.992. The van der Waals surface area contributed by atoms with Crippen molar-refractivity contribution < 1.29 is 5.21 Å². The highest BCUT2D eigenvalue weighted by atomic mass is 16.4. The molecule has 0 aromatic rings. The van der Waals surface area contributed by atoms with Crippen LogP contribution in [0.4, 0.5) is 0 Å². The average molecular weight is 113 g/mol. The minimum Gasteiger partial charge on any atom is -0.411 e. The molecule has 8 heavy (non-hydrogen) atoms. The van der Waals surface area contributed by atoms with E-state index in [0.717, 1.165) is 18.1 Å². The highest BCUT2D eigenvalue weighted by Crippen LogP contribution is 2.29. The molecule has 1 saturated carbocycles. The second-order valence-electron chi connectivity index (χ2n) is 2.56. The van der Waals surface area contributed by atoms with Crippen LogP contribution in [0.2, 0.25) is 0 Å². The minimum atomic E-state index is 0.514. The molecule has 0 radical (unpaired) electrons. The van der Waals surface area contributed by atoms with Crippen LogP contribution in [-0.2, 0) is 0 Å². The predicted octanol–water partition coefficient (Wildman–Crippen LogP) is 1.49. The quantitative estimate of drug-likeness (QED) is 0.374. The number of hydrogen-bond acceptors (Lipinski definition) is 2. The maximum absolute atomic E-state index is 8.26. The number of oxime groups is 1. The van der Waals surface area contributed by atoms with Crippen molar-refractivity contribution >= 4 is 5.71 Å². The third-order valence-corrected chi connectivity index (χ3v) is 2.04. The summed E-state index contributed by atoms with van der Waals surface area (Å²) >= 11 is 0. The van der Waals surface area contributed by atoms with Gasteiger partial charge in [0.25, 0.3) is 0 Å². The van der Waals surface area contributed by atoms with Gasteiger partial charge in [-0.3, -0.25) is 0 Å². The van der Waals surface area contributed by atoms with E-state index in [4.69, 9.17) is 5.21 Å². The lowest BCUT2D eigenvalue weighted by molar-refractivity contribution is 0.293. The normalized spacial score (nSPS) is 42.0. The Morgan fingerprint density at radius 3 is 2.38 bits per heavy atom. The van der Waals surface area contributed by atoms with Gasteiger partial charge in [-0.05, 0) is 12.3 Å². The zero-order valence-electron chi connectivity index (χ0n) is 5.26. The van der Waals surface area contributed by atoms with Crippen molar-refractivity contribution in [2.75, 3.05) is 0 Å². The van der Waals surface area contributed by atoms with Gasteiger partial charge in [0.1, 0.15) is 0 Å². The molecule has 1 aliphatic carbocycles. The van der Waals surface area contributed by atoms with Gasteiger partial charge in [0, 0.05) is 5.92 Å². The summed E-state index contributed by atoms with van der Waals surface area (Å²) in [6.45, 7) is 4.25. The van der Waals surface area contributed by atoms with E-state index in [0.29, 0.717) is 5.92 Å². The first kappa shape index (κ1) is 5.60. The third-order valence-electron chi connectivity index (χ3n) is 2.04. The van der Waals surface area contributed by atoms with Gasteiger partial charge in [-0.1, -0.05) is 19.0 Å². The van der Waals surface area contributed by atoms with Crippen molar-refractivity contribution in [2.24, 2.45) is 17.0 Å². The van der Waals surface area contributed by atoms with Gasteiger partial charge in [-0.2, -0.15) is 0 Å². The molecule has 2 atom stereocenters. The van der Waals surface area contributed by atoms with Crippen molar-refractivity contribution in [3.8, 4) is 0 Å². The van der Waals surface area contributed by atoms with Crippen molar-refractivity contribution in [1.82, 2.24) is 0 Å². The highest BCUT2D eigenvalue weighted by Gasteiger charge is 2.30. The lowest BCUT2D eigenvalue weighted by Gasteiger charge is -2.31. The Labute approximate surface area is 49.2 Å². The van der Waals surface area contributed by atoms with Gasteiger partial charge in [0.15, 0.2) is 0 Å². The van der Waals surface area contributed by atoms with Crippen LogP contribution in [0.5, 0.6) is 0 Å². The molecule has 0 aromatic carbocycles. The Hall–Kier alpha value is -0.530. The van der Waals surface area contributed by atoms with E-state index in [1.807, 2.05) is 0 Å². The predicted molar refractivity (Wildman–Crippen MR) is 32.2 cm³/mol. The van der Waals surface area contributed by atoms with Crippen LogP contribution in [0.1, 0.15) is 20.3 Å². The molecule has 1 fully saturated rings. The van der Waals surface area contributed by atoms with Gasteiger partial charge in [-0.25, -0.2) is 0 Å². The maximum atomic E-state index is 8.26. The van der Waals surface area contributed by atoms with Crippen LogP contribution in [0.15, 0.2) is 5.16 Å². The minimum absolute atomic E-state index is 0.514. The summed E-state index contributed by atoms with van der Waals surface area (Å²) in [5.74, 6) is 1.24. The van der Waals surface area contributed by atoms with E-state index in [-0.39, 0.29) is 0 Å². The first-order chi connectivity index (χ1) is 3.75. The molecular formula is C6H11NO. The van der Waals surface area contributed by atoms with Crippen molar-refractivity contribution in [3.05, 3.63) is 0 Å². The Bertz CT molecular complexity index is 120. The number of hydrogen-bond donors (Lipinski definition) is 1. The summed E-state index contributed by atoms with van der Waals surface area (Å²) in [5, 5.41) is 11.4. The van der Waals surface area contributed by atoms with E-state index in [1.165, 1.54) is 0 Å². The Balaban J connectivity index is 2.48. The SMILES string of the molecule is CC1CC(=NO)C1C. The zero-order chi connectivity index (χ0) is 6.15. The molecule has 0 heterocycles. The lowest BCUT2D eigenvalue weighted by Crippen LogP contribution is -2.32. The van der Waals surface area contributed by atoms with E-state index < -0.39 is 0 Å². The zero-order valence-corrected chi connectivity index (χ0v) is 5.26. The Morgan fingerprint density at radius 2 is 2.25 bits per heavy atom. The molecule has 0 aliphatic heterocycles. The number of nitrogens with zero attached hydrogens (tertiary/aromatic N) is 1. The van der Waals surface area contributed by atoms with Gasteiger partial charge >= 0.3 is 0 Å². The largest absolute Gasteiger partial charge is 0.411 e. The summed E-state index contributed by atoms with van der Waals surface area (Å²) < 4.78 is 0. The van der Waals surface area contributed by atoms with Gasteiger partial charge in [-0.15, -0.1) is 0 Å². The molecule has 1 N–H and O–H groups in total. The smallest absolute Gasteiger partial charge is 0.0604 e. The van der Waals surface area contributed by atoms with Crippen LogP contribution < -0.4 is 0 Å². The molecule has 0 aromatic heterocycles. The summed E-state index contributed by atoms with van der Waals surface area (Å²) in [6, 6.07) is 0. The van der Waals surface area contributed by atoms with Gasteiger partial charge < -0.3 is 5.21 Å². The molecule has 1 aliphatic rings. The molecule has 0 bridgehead atoms. The van der Waals surface area contributed by atoms with Crippen molar-refractivity contribution in [2.45, 2.75) is 20.3 Å². The first-order valence-electron chi connectivity index (χ1n) is 2.96. The van der Waals surface area contributed by atoms with Crippen LogP contribution in [0.25, 0.3) is 0 Å². The molecule has 0 amide bonds. The maximum Gasteiger partial charge on any atom is 0.0604 e. The molecule has 2 unspecified atom stereocenters. The monoisotopic (exact) mass is 113 g/mol. The Morgan fingerprint density at radius 1 is 1.62 bits per heavy atom. The highest BCUT2D eigenvalue weighted by molar-refractivity contribution is 5.91. The van der Waals surface area contributed by atoms with E-state index >= 15 is 0 Å². The fourth-order valence-electron chi connectivity index (χ4n) is 0.992. The summed E-state index contributed by atoms with van der Waals surface area (Å²) in [7, 11) is 0. The van der Waals surface area contributed by atoms with Crippen LogP contribution in [0.3, 0.4) is 0 Å². The van der Waals surface area contributed by atoms with Crippen LogP contribution in [-0.4, -0.2) is 10.9 Å². The van der Waals surface area contributed by atoms with Crippen LogP contribution in [0, 0.1) is 11.8 Å². The summed E-state index contributed by atoms with van der Waals surface area (Å²) in [6.07, 6.45) is 0.984. The van der Waals surface area contributed by atoms with Gasteiger partial charge in [0.05, 0.1) is 5.71 Å². The molecule has 0 spiro atoms. The first-order valence-corrected chi connectivity index (χ1v) is 2.96. The van der Waals surface area contributed by atoms with E-state index in [1.54, 1.807) is 0 Å². The molecule has 1 rings (SSSR count). The molecule has 2 nitrogen and oxygen atoms in total. The second-order valence-corrected chi connectivity index (χ2v) is 2.56. The standard InChI is InChI=1S/C6H11NO/c1-4-3-6(7-8)5(4)2/h4-5,8H,3H2,1-2H3. The third kappa shape index (κ3) is 0.602. The summed E-state index contributed by atoms with van der Waals surface area (Å²) in [5.41, 5.74) is 0.956. The van der Waals surface area contributed by atoms with Gasteiger partial charge in [0.2, 0.25) is 0 Å². The molecule has 2 heteroatoms. The fraction of sp³-hybridized carbons (Fsp3) is 0.833. The van der Waals surface area contributed by atoms with Crippen LogP contribution >= 0.6 is 0 Å². The Kier molecular flexibility index (Phi) is 1.24. The van der Waals surface area contributed by atoms with Crippen molar-refractivity contribution in [3.63, 3.8) is 0 Å².